The quantitative estimate of drug-likeness (QED) is 0.917. The van der Waals surface area contributed by atoms with Gasteiger partial charge in [-0.05, 0) is 30.3 Å². The summed E-state index contributed by atoms with van der Waals surface area (Å²) in [5.74, 6) is -0.507. The maximum atomic E-state index is 12.5. The summed E-state index contributed by atoms with van der Waals surface area (Å²) in [6.07, 6.45) is -1.60. The van der Waals surface area contributed by atoms with E-state index >= 15 is 0 Å². The van der Waals surface area contributed by atoms with Crippen molar-refractivity contribution in [2.24, 2.45) is 0 Å². The van der Waals surface area contributed by atoms with Crippen LogP contribution in [0, 0.1) is 0 Å². The van der Waals surface area contributed by atoms with Crippen molar-refractivity contribution in [2.75, 3.05) is 5.32 Å². The molecule has 1 N–H and O–H groups in total. The van der Waals surface area contributed by atoms with Crippen LogP contribution in [0.1, 0.15) is 15.9 Å². The largest absolute Gasteiger partial charge is 0.416 e. The minimum absolute atomic E-state index is 0. The van der Waals surface area contributed by atoms with E-state index in [9.17, 15) is 18.0 Å². The number of nitrogens with zero attached hydrogens (tertiary/aromatic N) is 1. The molecule has 0 atom stereocenters. The molecule has 7 heteroatoms. The van der Waals surface area contributed by atoms with E-state index in [4.69, 9.17) is 0 Å². The molecule has 106 valence electrons. The predicted molar refractivity (Wildman–Crippen MR) is 70.9 cm³/mol. The van der Waals surface area contributed by atoms with Gasteiger partial charge in [0, 0.05) is 18.1 Å². The highest BCUT2D eigenvalue weighted by molar-refractivity contribution is 6.04. The highest BCUT2D eigenvalue weighted by Crippen LogP contribution is 2.30. The fraction of sp³-hybridized carbons (Fsp3) is 0.0769. The van der Waals surface area contributed by atoms with Gasteiger partial charge in [-0.25, -0.2) is 0 Å². The van der Waals surface area contributed by atoms with Gasteiger partial charge in [-0.2, -0.15) is 13.2 Å². The summed E-state index contributed by atoms with van der Waals surface area (Å²) < 4.78 is 37.5. The van der Waals surface area contributed by atoms with Crippen molar-refractivity contribution < 1.29 is 18.0 Å². The molecule has 0 fully saturated rings. The molecule has 1 heterocycles. The molecule has 3 nitrogen and oxygen atoms in total. The monoisotopic (exact) mass is 302 g/mol. The van der Waals surface area contributed by atoms with Gasteiger partial charge in [-0.1, -0.05) is 6.07 Å². The second-order valence-corrected chi connectivity index (χ2v) is 3.77. The molecule has 20 heavy (non-hydrogen) atoms. The second-order valence-electron chi connectivity index (χ2n) is 3.77. The zero-order valence-corrected chi connectivity index (χ0v) is 10.8. The van der Waals surface area contributed by atoms with E-state index in [-0.39, 0.29) is 23.7 Å². The van der Waals surface area contributed by atoms with Crippen molar-refractivity contribution in [1.82, 2.24) is 4.98 Å². The number of nitrogens with one attached hydrogen (secondary N) is 1. The minimum atomic E-state index is -4.44. The predicted octanol–water partition coefficient (Wildman–Crippen LogP) is 3.77. The molecule has 1 amide bonds. The molecule has 1 aromatic carbocycles. The molecule has 0 aliphatic rings. The fourth-order valence-corrected chi connectivity index (χ4v) is 1.47. The van der Waals surface area contributed by atoms with Gasteiger partial charge in [0.05, 0.1) is 11.1 Å². The fourth-order valence-electron chi connectivity index (χ4n) is 1.47. The first-order chi connectivity index (χ1) is 8.97. The Labute approximate surface area is 119 Å². The molecule has 0 saturated carbocycles. The van der Waals surface area contributed by atoms with Crippen molar-refractivity contribution in [3.05, 3.63) is 59.9 Å². The highest BCUT2D eigenvalue weighted by Gasteiger charge is 2.30. The molecule has 2 aromatic rings. The Morgan fingerprint density at radius 2 is 1.90 bits per heavy atom. The molecule has 2 rings (SSSR count). The number of hydrogen-bond acceptors (Lipinski definition) is 2. The van der Waals surface area contributed by atoms with Crippen LogP contribution >= 0.6 is 12.4 Å². The van der Waals surface area contributed by atoms with Crippen LogP contribution in [0.15, 0.2) is 48.8 Å². The number of rotatable bonds is 2. The van der Waals surface area contributed by atoms with Gasteiger partial charge in [0.1, 0.15) is 0 Å². The number of amides is 1. The Kier molecular flexibility index (Phi) is 5.10. The molecule has 1 aromatic heterocycles. The SMILES string of the molecule is Cl.O=C(Nc1cccc(C(F)(F)F)c1)c1cccnc1. The normalized spacial score (nSPS) is 10.6. The van der Waals surface area contributed by atoms with Gasteiger partial charge in [0.15, 0.2) is 0 Å². The molecular weight excluding hydrogens is 293 g/mol. The number of alkyl halides is 3. The summed E-state index contributed by atoms with van der Waals surface area (Å²) in [5.41, 5.74) is -0.444. The first-order valence-electron chi connectivity index (χ1n) is 5.35. The topological polar surface area (TPSA) is 42.0 Å². The smallest absolute Gasteiger partial charge is 0.322 e. The Balaban J connectivity index is 0.00000200. The van der Waals surface area contributed by atoms with Crippen LogP contribution in [0.3, 0.4) is 0 Å². The van der Waals surface area contributed by atoms with Crippen LogP contribution in [0.5, 0.6) is 0 Å². The van der Waals surface area contributed by atoms with Gasteiger partial charge < -0.3 is 5.32 Å². The van der Waals surface area contributed by atoms with Crippen LogP contribution in [0.4, 0.5) is 18.9 Å². The average molecular weight is 303 g/mol. The zero-order valence-electron chi connectivity index (χ0n) is 10.0. The Hall–Kier alpha value is -2.08. The summed E-state index contributed by atoms with van der Waals surface area (Å²) in [7, 11) is 0. The average Bonchev–Trinajstić information content (AvgIpc) is 2.39. The minimum Gasteiger partial charge on any atom is -0.322 e. The molecule has 0 aliphatic carbocycles. The number of carbonyl (C=O) groups excluding carboxylic acids is 1. The molecule has 0 radical (unpaired) electrons. The number of pyridine rings is 1. The van der Waals surface area contributed by atoms with Gasteiger partial charge >= 0.3 is 6.18 Å². The summed E-state index contributed by atoms with van der Waals surface area (Å²) in [6.45, 7) is 0. The zero-order chi connectivity index (χ0) is 13.9. The van der Waals surface area contributed by atoms with E-state index in [1.54, 1.807) is 6.07 Å². The van der Waals surface area contributed by atoms with E-state index in [0.717, 1.165) is 12.1 Å². The van der Waals surface area contributed by atoms with Gasteiger partial charge in [0.25, 0.3) is 5.91 Å². The maximum Gasteiger partial charge on any atom is 0.416 e. The standard InChI is InChI=1S/C13H9F3N2O.ClH/c14-13(15,16)10-4-1-5-11(7-10)18-12(19)9-3-2-6-17-8-9;/h1-8H,(H,18,19);1H. The van der Waals surface area contributed by atoms with Crippen LogP contribution < -0.4 is 5.32 Å². The third-order valence-corrected chi connectivity index (χ3v) is 2.37. The summed E-state index contributed by atoms with van der Waals surface area (Å²) in [6, 6.07) is 7.55. The van der Waals surface area contributed by atoms with Crippen LogP contribution in [0.25, 0.3) is 0 Å². The van der Waals surface area contributed by atoms with Crippen LogP contribution in [-0.4, -0.2) is 10.9 Å². The Bertz CT molecular complexity index is 588. The number of carbonyl (C=O) groups is 1. The molecule has 0 saturated heterocycles. The van der Waals surface area contributed by atoms with Crippen molar-refractivity contribution in [2.45, 2.75) is 6.18 Å². The lowest BCUT2D eigenvalue weighted by Crippen LogP contribution is -2.13. The number of hydrogen-bond donors (Lipinski definition) is 1. The molecular formula is C13H10ClF3N2O. The summed E-state index contributed by atoms with van der Waals surface area (Å²) >= 11 is 0. The van der Waals surface area contributed by atoms with E-state index in [1.807, 2.05) is 0 Å². The summed E-state index contributed by atoms with van der Waals surface area (Å²) in [4.78, 5) is 15.5. The number of aromatic nitrogens is 1. The first kappa shape index (κ1) is 16.0. The van der Waals surface area contributed by atoms with Gasteiger partial charge in [0.2, 0.25) is 0 Å². The van der Waals surface area contributed by atoms with Gasteiger partial charge in [-0.15, -0.1) is 12.4 Å². The Morgan fingerprint density at radius 1 is 1.15 bits per heavy atom. The lowest BCUT2D eigenvalue weighted by molar-refractivity contribution is -0.137. The molecule has 0 aliphatic heterocycles. The first-order valence-corrected chi connectivity index (χ1v) is 5.35. The lowest BCUT2D eigenvalue weighted by atomic mass is 10.2. The van der Waals surface area contributed by atoms with Crippen molar-refractivity contribution in [3.63, 3.8) is 0 Å². The number of benzene rings is 1. The van der Waals surface area contributed by atoms with E-state index < -0.39 is 17.6 Å². The number of halogens is 4. The van der Waals surface area contributed by atoms with Crippen LogP contribution in [-0.2, 0) is 6.18 Å². The van der Waals surface area contributed by atoms with Crippen LogP contribution in [0.2, 0.25) is 0 Å². The second kappa shape index (κ2) is 6.38. The third-order valence-electron chi connectivity index (χ3n) is 2.37. The third kappa shape index (κ3) is 3.96. The summed E-state index contributed by atoms with van der Waals surface area (Å²) in [5, 5.41) is 2.39. The molecule has 0 bridgehead atoms. The van der Waals surface area contributed by atoms with E-state index in [1.165, 1.54) is 30.6 Å². The molecule has 0 spiro atoms. The van der Waals surface area contributed by atoms with E-state index in [2.05, 4.69) is 10.3 Å². The van der Waals surface area contributed by atoms with Crippen molar-refractivity contribution >= 4 is 24.0 Å². The van der Waals surface area contributed by atoms with Crippen molar-refractivity contribution in [1.29, 1.82) is 0 Å². The Morgan fingerprint density at radius 3 is 2.50 bits per heavy atom. The lowest BCUT2D eigenvalue weighted by Gasteiger charge is -2.09. The number of anilines is 1. The highest BCUT2D eigenvalue weighted by atomic mass is 35.5. The molecule has 0 unspecified atom stereocenters. The maximum absolute atomic E-state index is 12.5. The van der Waals surface area contributed by atoms with E-state index in [0.29, 0.717) is 0 Å². The van der Waals surface area contributed by atoms with Gasteiger partial charge in [-0.3, -0.25) is 9.78 Å². The van der Waals surface area contributed by atoms with Crippen molar-refractivity contribution in [3.8, 4) is 0 Å².